The smallest absolute Gasteiger partial charge is 0.159 e. The summed E-state index contributed by atoms with van der Waals surface area (Å²) < 4.78 is 6.27. The summed E-state index contributed by atoms with van der Waals surface area (Å²) in [5, 5.41) is 2.33. The van der Waals surface area contributed by atoms with Crippen LogP contribution in [-0.4, -0.2) is 6.17 Å². The number of hydrogen-bond donors (Lipinski definition) is 0. The zero-order valence-corrected chi connectivity index (χ0v) is 14.9. The molecular formula is C23H20N2O. The first-order chi connectivity index (χ1) is 12.7. The molecule has 0 saturated heterocycles. The quantitative estimate of drug-likeness (QED) is 0.443. The summed E-state index contributed by atoms with van der Waals surface area (Å²) >= 11 is 0. The largest absolute Gasteiger partial charge is 0.454 e. The normalized spacial score (nSPS) is 16.9. The Bertz CT molecular complexity index is 1130. The predicted molar refractivity (Wildman–Crippen MR) is 108 cm³/mol. The van der Waals surface area contributed by atoms with E-state index in [2.05, 4.69) is 84.6 Å². The summed E-state index contributed by atoms with van der Waals surface area (Å²) in [6.07, 6.45) is 4.46. The minimum absolute atomic E-state index is 0.176. The molecule has 2 heterocycles. The number of hydrogen-bond acceptors (Lipinski definition) is 3. The van der Waals surface area contributed by atoms with Crippen molar-refractivity contribution in [1.82, 2.24) is 0 Å². The van der Waals surface area contributed by atoms with E-state index in [0.717, 1.165) is 16.9 Å². The lowest BCUT2D eigenvalue weighted by atomic mass is 10.1. The van der Waals surface area contributed by atoms with Crippen LogP contribution in [0.25, 0.3) is 21.9 Å². The average molecular weight is 340 g/mol. The fourth-order valence-corrected chi connectivity index (χ4v) is 3.88. The standard InChI is InChI=1S/C23H20N2O/c1-16-12-13-20-19-10-6-7-11-21(19)26-23(20)22(16)25-15-14-24(17(25)2)18-8-4-3-5-9-18/h3-15,17H,1-2H3/t17-/m0/s1. The maximum atomic E-state index is 6.27. The molecule has 0 unspecified atom stereocenters. The molecule has 1 atom stereocenters. The van der Waals surface area contributed by atoms with Crippen LogP contribution < -0.4 is 9.80 Å². The lowest BCUT2D eigenvalue weighted by Gasteiger charge is -2.30. The third-order valence-electron chi connectivity index (χ3n) is 5.23. The van der Waals surface area contributed by atoms with Crippen molar-refractivity contribution < 1.29 is 4.42 Å². The maximum Gasteiger partial charge on any atom is 0.159 e. The van der Waals surface area contributed by atoms with E-state index in [0.29, 0.717) is 0 Å². The van der Waals surface area contributed by atoms with Crippen LogP contribution in [0.2, 0.25) is 0 Å². The van der Waals surface area contributed by atoms with E-state index in [1.54, 1.807) is 0 Å². The molecule has 5 rings (SSSR count). The Morgan fingerprint density at radius 2 is 1.50 bits per heavy atom. The van der Waals surface area contributed by atoms with E-state index in [4.69, 9.17) is 4.42 Å². The molecule has 0 saturated carbocycles. The Balaban J connectivity index is 1.65. The van der Waals surface area contributed by atoms with Crippen LogP contribution in [0.15, 0.2) is 83.5 Å². The Hall–Kier alpha value is -3.20. The van der Waals surface area contributed by atoms with Gasteiger partial charge in [-0.05, 0) is 37.6 Å². The van der Waals surface area contributed by atoms with Crippen LogP contribution in [0.4, 0.5) is 11.4 Å². The molecule has 128 valence electrons. The molecule has 3 heteroatoms. The third kappa shape index (κ3) is 2.14. The molecule has 26 heavy (non-hydrogen) atoms. The Morgan fingerprint density at radius 1 is 0.769 bits per heavy atom. The number of benzene rings is 3. The molecule has 0 fully saturated rings. The number of para-hydroxylation sites is 2. The Morgan fingerprint density at radius 3 is 2.35 bits per heavy atom. The molecular weight excluding hydrogens is 320 g/mol. The van der Waals surface area contributed by atoms with Crippen LogP contribution in [0.5, 0.6) is 0 Å². The lowest BCUT2D eigenvalue weighted by Crippen LogP contribution is -2.36. The summed E-state index contributed by atoms with van der Waals surface area (Å²) in [6, 6.07) is 23.1. The van der Waals surface area contributed by atoms with Gasteiger partial charge in [-0.2, -0.15) is 0 Å². The van der Waals surface area contributed by atoms with E-state index < -0.39 is 0 Å². The van der Waals surface area contributed by atoms with E-state index in [1.165, 1.54) is 22.0 Å². The second kappa shape index (κ2) is 5.67. The van der Waals surface area contributed by atoms with Crippen molar-refractivity contribution in [3.63, 3.8) is 0 Å². The number of anilines is 2. The maximum absolute atomic E-state index is 6.27. The topological polar surface area (TPSA) is 19.6 Å². The zero-order valence-electron chi connectivity index (χ0n) is 14.9. The van der Waals surface area contributed by atoms with Gasteiger partial charge < -0.3 is 14.2 Å². The number of fused-ring (bicyclic) bond motifs is 3. The van der Waals surface area contributed by atoms with Crippen molar-refractivity contribution in [2.24, 2.45) is 0 Å². The van der Waals surface area contributed by atoms with Crippen molar-refractivity contribution in [2.45, 2.75) is 20.0 Å². The van der Waals surface area contributed by atoms with E-state index in [-0.39, 0.29) is 6.17 Å². The van der Waals surface area contributed by atoms with Gasteiger partial charge >= 0.3 is 0 Å². The molecule has 0 radical (unpaired) electrons. The van der Waals surface area contributed by atoms with Crippen LogP contribution in [-0.2, 0) is 0 Å². The van der Waals surface area contributed by atoms with Gasteiger partial charge in [-0.1, -0.05) is 48.5 Å². The fourth-order valence-electron chi connectivity index (χ4n) is 3.88. The second-order valence-electron chi connectivity index (χ2n) is 6.79. The summed E-state index contributed by atoms with van der Waals surface area (Å²) in [6.45, 7) is 4.36. The van der Waals surface area contributed by atoms with Crippen LogP contribution in [0, 0.1) is 6.92 Å². The molecule has 0 N–H and O–H groups in total. The number of rotatable bonds is 2. The van der Waals surface area contributed by atoms with Crippen LogP contribution in [0.1, 0.15) is 12.5 Å². The molecule has 0 spiro atoms. The van der Waals surface area contributed by atoms with Crippen molar-refractivity contribution in [1.29, 1.82) is 0 Å². The number of nitrogens with zero attached hydrogens (tertiary/aromatic N) is 2. The van der Waals surface area contributed by atoms with Gasteiger partial charge in [-0.3, -0.25) is 0 Å². The highest BCUT2D eigenvalue weighted by Crippen LogP contribution is 2.40. The minimum Gasteiger partial charge on any atom is -0.454 e. The molecule has 3 nitrogen and oxygen atoms in total. The first kappa shape index (κ1) is 15.1. The molecule has 0 bridgehead atoms. The highest BCUT2D eigenvalue weighted by molar-refractivity contribution is 6.09. The SMILES string of the molecule is Cc1ccc2c(oc3ccccc32)c1N1C=CN(c2ccccc2)[C@@H]1C. The molecule has 4 aromatic rings. The molecule has 0 aliphatic carbocycles. The Labute approximate surface area is 152 Å². The highest BCUT2D eigenvalue weighted by atomic mass is 16.3. The molecule has 1 aliphatic rings. The van der Waals surface area contributed by atoms with Gasteiger partial charge in [0.05, 0.1) is 5.69 Å². The number of aryl methyl sites for hydroxylation is 1. The zero-order chi connectivity index (χ0) is 17.7. The summed E-state index contributed by atoms with van der Waals surface area (Å²) in [5.74, 6) is 0. The summed E-state index contributed by atoms with van der Waals surface area (Å²) in [5.41, 5.74) is 5.43. The van der Waals surface area contributed by atoms with Crippen molar-refractivity contribution in [3.8, 4) is 0 Å². The second-order valence-corrected chi connectivity index (χ2v) is 6.79. The van der Waals surface area contributed by atoms with Crippen molar-refractivity contribution in [2.75, 3.05) is 9.80 Å². The van der Waals surface area contributed by atoms with Crippen molar-refractivity contribution in [3.05, 3.63) is 84.7 Å². The van der Waals surface area contributed by atoms with Gasteiger partial charge in [0, 0.05) is 28.9 Å². The van der Waals surface area contributed by atoms with Gasteiger partial charge in [0.2, 0.25) is 0 Å². The molecule has 0 amide bonds. The van der Waals surface area contributed by atoms with Gasteiger partial charge in [0.1, 0.15) is 11.7 Å². The predicted octanol–water partition coefficient (Wildman–Crippen LogP) is 6.04. The lowest BCUT2D eigenvalue weighted by molar-refractivity contribution is 0.662. The van der Waals surface area contributed by atoms with Gasteiger partial charge in [0.15, 0.2) is 5.58 Å². The fraction of sp³-hybridized carbons (Fsp3) is 0.130. The van der Waals surface area contributed by atoms with E-state index in [1.807, 2.05) is 18.2 Å². The summed E-state index contributed by atoms with van der Waals surface area (Å²) in [4.78, 5) is 4.58. The molecule has 1 aromatic heterocycles. The average Bonchev–Trinajstić information content (AvgIpc) is 3.23. The van der Waals surface area contributed by atoms with Gasteiger partial charge in [-0.15, -0.1) is 0 Å². The monoisotopic (exact) mass is 340 g/mol. The van der Waals surface area contributed by atoms with Crippen LogP contribution >= 0.6 is 0 Å². The minimum atomic E-state index is 0.176. The van der Waals surface area contributed by atoms with E-state index in [9.17, 15) is 0 Å². The van der Waals surface area contributed by atoms with Crippen molar-refractivity contribution >= 4 is 33.3 Å². The molecule has 3 aromatic carbocycles. The number of furan rings is 1. The first-order valence-electron chi connectivity index (χ1n) is 8.95. The first-order valence-corrected chi connectivity index (χ1v) is 8.95. The van der Waals surface area contributed by atoms with Gasteiger partial charge in [0.25, 0.3) is 0 Å². The van der Waals surface area contributed by atoms with Gasteiger partial charge in [-0.25, -0.2) is 0 Å². The van der Waals surface area contributed by atoms with Crippen LogP contribution in [0.3, 0.4) is 0 Å². The third-order valence-corrected chi connectivity index (χ3v) is 5.23. The molecule has 1 aliphatic heterocycles. The van der Waals surface area contributed by atoms with E-state index >= 15 is 0 Å². The highest BCUT2D eigenvalue weighted by Gasteiger charge is 2.28. The summed E-state index contributed by atoms with van der Waals surface area (Å²) in [7, 11) is 0. The Kier molecular flexibility index (Phi) is 3.29.